The van der Waals surface area contributed by atoms with Crippen molar-refractivity contribution in [3.8, 4) is 12.1 Å². The highest BCUT2D eigenvalue weighted by molar-refractivity contribution is 5.42. The van der Waals surface area contributed by atoms with Gasteiger partial charge in [-0.1, -0.05) is 0 Å². The van der Waals surface area contributed by atoms with Crippen molar-refractivity contribution in [1.82, 2.24) is 14.7 Å². The van der Waals surface area contributed by atoms with E-state index in [2.05, 4.69) is 5.10 Å². The average Bonchev–Trinajstić information content (AvgIpc) is 2.46. The number of nitrogens with two attached hydrogens (primary N) is 1. The molecule has 0 unspecified atom stereocenters. The van der Waals surface area contributed by atoms with Crippen molar-refractivity contribution in [3.05, 3.63) is 11.3 Å². The van der Waals surface area contributed by atoms with E-state index in [1.165, 1.54) is 0 Å². The SMILES string of the molecule is Cc1nn(C)c(N)c1CN(CC#N)CC#N. The van der Waals surface area contributed by atoms with Gasteiger partial charge >= 0.3 is 0 Å². The number of hydrogen-bond acceptors (Lipinski definition) is 5. The lowest BCUT2D eigenvalue weighted by molar-refractivity contribution is 0.334. The van der Waals surface area contributed by atoms with E-state index < -0.39 is 0 Å². The summed E-state index contributed by atoms with van der Waals surface area (Å²) in [5.41, 5.74) is 7.57. The number of aryl methyl sites for hydroxylation is 2. The second-order valence-corrected chi connectivity index (χ2v) is 3.53. The molecule has 0 spiro atoms. The Hall–Kier alpha value is -2.05. The number of nitrogen functional groups attached to an aromatic ring is 1. The molecule has 6 nitrogen and oxygen atoms in total. The number of hydrogen-bond donors (Lipinski definition) is 1. The minimum atomic E-state index is 0.210. The Labute approximate surface area is 94.5 Å². The molecule has 1 heterocycles. The summed E-state index contributed by atoms with van der Waals surface area (Å²) in [6.45, 7) is 2.76. The van der Waals surface area contributed by atoms with Crippen LogP contribution >= 0.6 is 0 Å². The second kappa shape index (κ2) is 5.15. The van der Waals surface area contributed by atoms with Crippen LogP contribution in [0.5, 0.6) is 0 Å². The maximum Gasteiger partial charge on any atom is 0.126 e. The molecule has 0 saturated carbocycles. The molecule has 1 rings (SSSR count). The Morgan fingerprint density at radius 3 is 2.31 bits per heavy atom. The largest absolute Gasteiger partial charge is 0.384 e. The predicted octanol–water partition coefficient (Wildman–Crippen LogP) is 0.160. The molecule has 0 radical (unpaired) electrons. The van der Waals surface area contributed by atoms with Crippen LogP contribution in [-0.2, 0) is 13.6 Å². The first-order valence-corrected chi connectivity index (χ1v) is 4.84. The fourth-order valence-electron chi connectivity index (χ4n) is 1.51. The first-order valence-electron chi connectivity index (χ1n) is 4.84. The summed E-state index contributed by atoms with van der Waals surface area (Å²) < 4.78 is 1.60. The summed E-state index contributed by atoms with van der Waals surface area (Å²) in [6.07, 6.45) is 0. The minimum Gasteiger partial charge on any atom is -0.384 e. The maximum absolute atomic E-state index is 8.63. The molecule has 1 aromatic heterocycles. The van der Waals surface area contributed by atoms with Crippen LogP contribution in [0.4, 0.5) is 5.82 Å². The molecule has 2 N–H and O–H groups in total. The van der Waals surface area contributed by atoms with Gasteiger partial charge in [0.2, 0.25) is 0 Å². The molecular formula is C10H14N6. The molecule has 0 aromatic carbocycles. The molecule has 0 amide bonds. The summed E-state index contributed by atoms with van der Waals surface area (Å²) in [5, 5.41) is 21.4. The first kappa shape index (κ1) is 12.0. The molecule has 0 fully saturated rings. The van der Waals surface area contributed by atoms with Gasteiger partial charge in [-0.25, -0.2) is 0 Å². The lowest BCUT2D eigenvalue weighted by Gasteiger charge is -2.14. The highest BCUT2D eigenvalue weighted by Crippen LogP contribution is 2.17. The number of rotatable bonds is 4. The Morgan fingerprint density at radius 1 is 1.38 bits per heavy atom. The Morgan fingerprint density at radius 2 is 1.94 bits per heavy atom. The van der Waals surface area contributed by atoms with Gasteiger partial charge in [0.25, 0.3) is 0 Å². The van der Waals surface area contributed by atoms with E-state index in [-0.39, 0.29) is 13.1 Å². The summed E-state index contributed by atoms with van der Waals surface area (Å²) in [5.74, 6) is 0.582. The molecule has 84 valence electrons. The van der Waals surface area contributed by atoms with Gasteiger partial charge in [-0.2, -0.15) is 15.6 Å². The average molecular weight is 218 g/mol. The van der Waals surface area contributed by atoms with Crippen molar-refractivity contribution in [2.45, 2.75) is 13.5 Å². The Bertz CT molecular complexity index is 431. The van der Waals surface area contributed by atoms with E-state index in [1.54, 1.807) is 16.6 Å². The van der Waals surface area contributed by atoms with Crippen molar-refractivity contribution >= 4 is 5.82 Å². The zero-order valence-corrected chi connectivity index (χ0v) is 9.43. The number of anilines is 1. The van der Waals surface area contributed by atoms with Gasteiger partial charge in [-0.15, -0.1) is 0 Å². The second-order valence-electron chi connectivity index (χ2n) is 3.53. The molecule has 16 heavy (non-hydrogen) atoms. The van der Waals surface area contributed by atoms with Crippen LogP contribution < -0.4 is 5.73 Å². The first-order chi connectivity index (χ1) is 7.60. The monoisotopic (exact) mass is 218 g/mol. The lowest BCUT2D eigenvalue weighted by Crippen LogP contribution is -2.24. The quantitative estimate of drug-likeness (QED) is 0.726. The summed E-state index contributed by atoms with van der Waals surface area (Å²) in [7, 11) is 1.77. The van der Waals surface area contributed by atoms with Crippen LogP contribution in [0.15, 0.2) is 0 Å². The number of nitriles is 2. The molecule has 6 heteroatoms. The van der Waals surface area contributed by atoms with E-state index in [0.717, 1.165) is 11.3 Å². The van der Waals surface area contributed by atoms with Gasteiger partial charge in [-0.3, -0.25) is 9.58 Å². The Kier molecular flexibility index (Phi) is 3.87. The Balaban J connectivity index is 2.86. The van der Waals surface area contributed by atoms with Crippen molar-refractivity contribution < 1.29 is 0 Å². The summed E-state index contributed by atoms with van der Waals surface area (Å²) in [4.78, 5) is 1.72. The normalized spacial score (nSPS) is 10.1. The number of aromatic nitrogens is 2. The molecule has 0 atom stereocenters. The number of nitrogens with zero attached hydrogens (tertiary/aromatic N) is 5. The van der Waals surface area contributed by atoms with Crippen molar-refractivity contribution in [3.63, 3.8) is 0 Å². The third kappa shape index (κ3) is 2.50. The highest BCUT2D eigenvalue weighted by Gasteiger charge is 2.14. The van der Waals surface area contributed by atoms with Crippen molar-refractivity contribution in [1.29, 1.82) is 10.5 Å². The topological polar surface area (TPSA) is 94.7 Å². The van der Waals surface area contributed by atoms with Crippen LogP contribution in [0.2, 0.25) is 0 Å². The van der Waals surface area contributed by atoms with Gasteiger partial charge in [0.05, 0.1) is 30.9 Å². The van der Waals surface area contributed by atoms with Crippen molar-refractivity contribution in [2.75, 3.05) is 18.8 Å². The molecule has 0 bridgehead atoms. The van der Waals surface area contributed by atoms with Gasteiger partial charge in [0.15, 0.2) is 0 Å². The fourth-order valence-corrected chi connectivity index (χ4v) is 1.51. The smallest absolute Gasteiger partial charge is 0.126 e. The van der Waals surface area contributed by atoms with Gasteiger partial charge < -0.3 is 5.73 Å². The zero-order valence-electron chi connectivity index (χ0n) is 9.43. The van der Waals surface area contributed by atoms with Crippen LogP contribution in [0.25, 0.3) is 0 Å². The van der Waals surface area contributed by atoms with Crippen LogP contribution in [-0.4, -0.2) is 27.8 Å². The zero-order chi connectivity index (χ0) is 12.1. The maximum atomic E-state index is 8.63. The van der Waals surface area contributed by atoms with Gasteiger partial charge in [-0.05, 0) is 6.92 Å². The molecule has 1 aromatic rings. The standard InChI is InChI=1S/C10H14N6/c1-8-9(10(13)15(2)14-8)7-16(5-3-11)6-4-12/h5-7,13H2,1-2H3. The fraction of sp³-hybridized carbons (Fsp3) is 0.500. The minimum absolute atomic E-state index is 0.210. The lowest BCUT2D eigenvalue weighted by atomic mass is 10.2. The molecule has 0 aliphatic rings. The molecule has 0 saturated heterocycles. The van der Waals surface area contributed by atoms with Crippen LogP contribution in [0.3, 0.4) is 0 Å². The van der Waals surface area contributed by atoms with E-state index in [9.17, 15) is 0 Å². The van der Waals surface area contributed by atoms with Crippen molar-refractivity contribution in [2.24, 2.45) is 7.05 Å². The third-order valence-corrected chi connectivity index (χ3v) is 2.36. The molecule has 0 aliphatic heterocycles. The summed E-state index contributed by atoms with van der Waals surface area (Å²) in [6, 6.07) is 4.05. The van der Waals surface area contributed by atoms with E-state index in [4.69, 9.17) is 16.3 Å². The highest BCUT2D eigenvalue weighted by atomic mass is 15.3. The van der Waals surface area contributed by atoms with Crippen LogP contribution in [0.1, 0.15) is 11.3 Å². The van der Waals surface area contributed by atoms with Crippen LogP contribution in [0, 0.1) is 29.6 Å². The molecular weight excluding hydrogens is 204 g/mol. The van der Waals surface area contributed by atoms with E-state index in [1.807, 2.05) is 19.1 Å². The van der Waals surface area contributed by atoms with E-state index >= 15 is 0 Å². The van der Waals surface area contributed by atoms with Gasteiger partial charge in [0, 0.05) is 19.2 Å². The molecule has 0 aliphatic carbocycles. The predicted molar refractivity (Wildman–Crippen MR) is 58.9 cm³/mol. The van der Waals surface area contributed by atoms with E-state index in [0.29, 0.717) is 12.4 Å². The third-order valence-electron chi connectivity index (χ3n) is 2.36. The summed E-state index contributed by atoms with van der Waals surface area (Å²) >= 11 is 0. The van der Waals surface area contributed by atoms with Gasteiger partial charge in [0.1, 0.15) is 5.82 Å².